The highest BCUT2D eigenvalue weighted by Crippen LogP contribution is 2.33. The number of hydrogen-bond acceptors (Lipinski definition) is 10. The van der Waals surface area contributed by atoms with Crippen molar-refractivity contribution in [1.82, 2.24) is 19.9 Å². The standard InChI is InChI=1S/C21H22ClF2N7O4S/c1-34-6-4-25-21-28-8-12-11-31(5-3-14(12)29-21)19-13(23)9-27-20(18(19)24)30-36(32,33)16-7-17(22)26-10-15(16)35-2/h7-10H,3-6,11H2,1-2H3,(H,27,30)(H,25,28,29). The molecule has 0 radical (unpaired) electrons. The summed E-state index contributed by atoms with van der Waals surface area (Å²) in [5.41, 5.74) is 1.02. The quantitative estimate of drug-likeness (QED) is 0.308. The maximum atomic E-state index is 15.4. The molecule has 0 aliphatic carbocycles. The third-order valence-corrected chi connectivity index (χ3v) is 6.89. The van der Waals surface area contributed by atoms with Crippen LogP contribution in [0.3, 0.4) is 0 Å². The molecule has 0 fully saturated rings. The average Bonchev–Trinajstić information content (AvgIpc) is 2.86. The van der Waals surface area contributed by atoms with Crippen LogP contribution in [0, 0.1) is 11.6 Å². The molecule has 0 saturated carbocycles. The molecule has 1 aliphatic heterocycles. The zero-order valence-corrected chi connectivity index (χ0v) is 20.8. The molecular formula is C21H22ClF2N7O4S. The first-order chi connectivity index (χ1) is 17.2. The number of nitrogens with zero attached hydrogens (tertiary/aromatic N) is 5. The lowest BCUT2D eigenvalue weighted by Crippen LogP contribution is -2.33. The predicted octanol–water partition coefficient (Wildman–Crippen LogP) is 2.63. The third-order valence-electron chi connectivity index (χ3n) is 5.33. The maximum absolute atomic E-state index is 15.4. The van der Waals surface area contributed by atoms with E-state index in [-0.39, 0.29) is 28.9 Å². The molecule has 4 heterocycles. The highest BCUT2D eigenvalue weighted by molar-refractivity contribution is 7.92. The van der Waals surface area contributed by atoms with Gasteiger partial charge in [0.1, 0.15) is 15.7 Å². The minimum absolute atomic E-state index is 0.113. The molecule has 0 amide bonds. The van der Waals surface area contributed by atoms with Gasteiger partial charge >= 0.3 is 0 Å². The van der Waals surface area contributed by atoms with Crippen molar-refractivity contribution in [2.24, 2.45) is 0 Å². The van der Waals surface area contributed by atoms with E-state index in [1.165, 1.54) is 12.0 Å². The third kappa shape index (κ3) is 5.39. The topological polar surface area (TPSA) is 131 Å². The molecule has 36 heavy (non-hydrogen) atoms. The van der Waals surface area contributed by atoms with Crippen molar-refractivity contribution in [3.8, 4) is 5.75 Å². The van der Waals surface area contributed by atoms with Crippen LogP contribution in [0.15, 0.2) is 29.6 Å². The van der Waals surface area contributed by atoms with Crippen molar-refractivity contribution < 1.29 is 26.7 Å². The van der Waals surface area contributed by atoms with Gasteiger partial charge in [-0.3, -0.25) is 4.72 Å². The Morgan fingerprint density at radius 1 is 1.17 bits per heavy atom. The summed E-state index contributed by atoms with van der Waals surface area (Å²) in [4.78, 5) is 17.1. The summed E-state index contributed by atoms with van der Waals surface area (Å²) in [6.45, 7) is 1.37. The molecule has 192 valence electrons. The minimum Gasteiger partial charge on any atom is -0.494 e. The lowest BCUT2D eigenvalue weighted by molar-refractivity contribution is 0.210. The Morgan fingerprint density at radius 2 is 1.97 bits per heavy atom. The molecule has 2 N–H and O–H groups in total. The number of anilines is 3. The van der Waals surface area contributed by atoms with Crippen molar-refractivity contribution in [3.05, 3.63) is 52.7 Å². The number of fused-ring (bicyclic) bond motifs is 1. The number of aromatic nitrogens is 4. The summed E-state index contributed by atoms with van der Waals surface area (Å²) < 4.78 is 68.1. The Balaban J connectivity index is 1.59. The van der Waals surface area contributed by atoms with Gasteiger partial charge in [0.05, 0.1) is 31.8 Å². The van der Waals surface area contributed by atoms with E-state index >= 15 is 4.39 Å². The molecule has 0 saturated heterocycles. The zero-order valence-electron chi connectivity index (χ0n) is 19.3. The van der Waals surface area contributed by atoms with E-state index in [2.05, 4.69) is 25.3 Å². The van der Waals surface area contributed by atoms with E-state index in [4.69, 9.17) is 21.1 Å². The van der Waals surface area contributed by atoms with Gasteiger partial charge in [-0.25, -0.2) is 37.1 Å². The van der Waals surface area contributed by atoms with Crippen molar-refractivity contribution in [3.63, 3.8) is 0 Å². The number of ether oxygens (including phenoxy) is 2. The Morgan fingerprint density at radius 3 is 2.72 bits per heavy atom. The molecule has 3 aromatic rings. The molecule has 4 rings (SSSR count). The molecular weight excluding hydrogens is 520 g/mol. The first-order valence-electron chi connectivity index (χ1n) is 10.6. The monoisotopic (exact) mass is 541 g/mol. The molecule has 0 aromatic carbocycles. The van der Waals surface area contributed by atoms with Crippen LogP contribution in [0.5, 0.6) is 5.75 Å². The van der Waals surface area contributed by atoms with Crippen LogP contribution in [0.25, 0.3) is 0 Å². The second-order valence-electron chi connectivity index (χ2n) is 7.64. The van der Waals surface area contributed by atoms with E-state index < -0.39 is 33.2 Å². The van der Waals surface area contributed by atoms with Crippen LogP contribution in [-0.4, -0.2) is 62.3 Å². The van der Waals surface area contributed by atoms with Gasteiger partial charge in [0, 0.05) is 44.9 Å². The molecule has 1 aliphatic rings. The largest absolute Gasteiger partial charge is 0.494 e. The second-order valence-corrected chi connectivity index (χ2v) is 9.68. The first kappa shape index (κ1) is 25.7. The number of rotatable bonds is 9. The summed E-state index contributed by atoms with van der Waals surface area (Å²) in [5, 5.41) is 2.92. The number of halogens is 3. The molecule has 15 heteroatoms. The lowest BCUT2D eigenvalue weighted by Gasteiger charge is -2.30. The molecule has 0 unspecified atom stereocenters. The normalized spacial score (nSPS) is 13.3. The Bertz CT molecular complexity index is 1380. The summed E-state index contributed by atoms with van der Waals surface area (Å²) in [6.07, 6.45) is 3.85. The number of pyridine rings is 2. The highest BCUT2D eigenvalue weighted by atomic mass is 35.5. The first-order valence-corrected chi connectivity index (χ1v) is 12.5. The van der Waals surface area contributed by atoms with Crippen LogP contribution < -0.4 is 19.7 Å². The average molecular weight is 542 g/mol. The number of nitrogens with one attached hydrogen (secondary N) is 2. The van der Waals surface area contributed by atoms with Gasteiger partial charge in [0.25, 0.3) is 10.0 Å². The van der Waals surface area contributed by atoms with E-state index in [0.717, 1.165) is 24.2 Å². The summed E-state index contributed by atoms with van der Waals surface area (Å²) in [5.74, 6) is -2.47. The second kappa shape index (κ2) is 10.7. The molecule has 0 atom stereocenters. The van der Waals surface area contributed by atoms with Gasteiger partial charge in [0.15, 0.2) is 23.2 Å². The van der Waals surface area contributed by atoms with E-state index in [1.54, 1.807) is 13.3 Å². The Hall–Kier alpha value is -3.36. The van der Waals surface area contributed by atoms with Gasteiger partial charge < -0.3 is 19.7 Å². The van der Waals surface area contributed by atoms with Crippen molar-refractivity contribution >= 4 is 39.1 Å². The number of sulfonamides is 1. The van der Waals surface area contributed by atoms with E-state index in [9.17, 15) is 12.8 Å². The van der Waals surface area contributed by atoms with Crippen LogP contribution >= 0.6 is 11.6 Å². The van der Waals surface area contributed by atoms with Gasteiger partial charge in [-0.1, -0.05) is 11.6 Å². The Kier molecular flexibility index (Phi) is 7.66. The summed E-state index contributed by atoms with van der Waals surface area (Å²) >= 11 is 5.82. The minimum atomic E-state index is -4.40. The van der Waals surface area contributed by atoms with Crippen LogP contribution in [-0.2, 0) is 27.7 Å². The number of hydrogen-bond donors (Lipinski definition) is 2. The smallest absolute Gasteiger partial charge is 0.266 e. The van der Waals surface area contributed by atoms with Gasteiger partial charge in [-0.15, -0.1) is 0 Å². The van der Waals surface area contributed by atoms with Gasteiger partial charge in [-0.2, -0.15) is 0 Å². The molecule has 3 aromatic heterocycles. The summed E-state index contributed by atoms with van der Waals surface area (Å²) in [6, 6.07) is 1.05. The lowest BCUT2D eigenvalue weighted by atomic mass is 10.1. The summed E-state index contributed by atoms with van der Waals surface area (Å²) in [7, 11) is -1.57. The molecule has 11 nitrogen and oxygen atoms in total. The fourth-order valence-corrected chi connectivity index (χ4v) is 5.02. The van der Waals surface area contributed by atoms with Crippen LogP contribution in [0.2, 0.25) is 5.15 Å². The molecule has 0 spiro atoms. The van der Waals surface area contributed by atoms with E-state index in [1.807, 2.05) is 4.72 Å². The number of methoxy groups -OCH3 is 2. The highest BCUT2D eigenvalue weighted by Gasteiger charge is 2.29. The fraction of sp³-hybridized carbons (Fsp3) is 0.333. The Labute approximate surface area is 210 Å². The maximum Gasteiger partial charge on any atom is 0.266 e. The SMILES string of the molecule is COCCNc1ncc2c(n1)CCN(c1c(F)cnc(NS(=O)(=O)c3cc(Cl)ncc3OC)c1F)C2. The predicted molar refractivity (Wildman–Crippen MR) is 128 cm³/mol. The van der Waals surface area contributed by atoms with Crippen molar-refractivity contribution in [2.75, 3.05) is 48.9 Å². The van der Waals surface area contributed by atoms with Crippen LogP contribution in [0.1, 0.15) is 11.3 Å². The van der Waals surface area contributed by atoms with Crippen molar-refractivity contribution in [1.29, 1.82) is 0 Å². The molecule has 0 bridgehead atoms. The van der Waals surface area contributed by atoms with Gasteiger partial charge in [0.2, 0.25) is 5.95 Å². The fourth-order valence-electron chi connectivity index (χ4n) is 3.62. The van der Waals surface area contributed by atoms with Crippen LogP contribution in [0.4, 0.5) is 26.2 Å². The zero-order chi connectivity index (χ0) is 25.9. The van der Waals surface area contributed by atoms with Gasteiger partial charge in [-0.05, 0) is 6.07 Å². The van der Waals surface area contributed by atoms with Crippen molar-refractivity contribution in [2.45, 2.75) is 17.9 Å². The van der Waals surface area contributed by atoms with E-state index in [0.29, 0.717) is 31.1 Å².